The fourth-order valence-corrected chi connectivity index (χ4v) is 1.88. The van der Waals surface area contributed by atoms with Crippen molar-refractivity contribution in [3.8, 4) is 0 Å². The second kappa shape index (κ2) is 3.31. The number of amides is 1. The highest BCUT2D eigenvalue weighted by Gasteiger charge is 2.32. The van der Waals surface area contributed by atoms with Crippen LogP contribution in [0.15, 0.2) is 12.1 Å². The molecule has 0 radical (unpaired) electrons. The lowest BCUT2D eigenvalue weighted by Crippen LogP contribution is -2.27. The molecule has 1 aromatic rings. The summed E-state index contributed by atoms with van der Waals surface area (Å²) in [5.74, 6) is -1.23. The van der Waals surface area contributed by atoms with Gasteiger partial charge in [0.1, 0.15) is 5.82 Å². The first-order chi connectivity index (χ1) is 7.02. The Labute approximate surface area is 90.4 Å². The van der Waals surface area contributed by atoms with E-state index in [9.17, 15) is 14.0 Å². The molecule has 3 nitrogen and oxygen atoms in total. The van der Waals surface area contributed by atoms with E-state index >= 15 is 0 Å². The summed E-state index contributed by atoms with van der Waals surface area (Å²) in [4.78, 5) is 24.0. The number of rotatable bonds is 0. The minimum absolute atomic E-state index is 0.0617. The molecule has 1 heterocycles. The molecule has 0 N–H and O–H groups in total. The van der Waals surface area contributed by atoms with Crippen molar-refractivity contribution in [2.24, 2.45) is 0 Å². The number of benzene rings is 1. The first kappa shape index (κ1) is 10.1. The molecule has 0 saturated carbocycles. The van der Waals surface area contributed by atoms with Crippen molar-refractivity contribution in [3.05, 3.63) is 28.5 Å². The summed E-state index contributed by atoms with van der Waals surface area (Å²) in [6, 6.07) is 2.54. The molecule has 0 bridgehead atoms. The van der Waals surface area contributed by atoms with Crippen LogP contribution >= 0.6 is 11.6 Å². The number of Topliss-reactive ketones (excluding diaryl/α,β-unsaturated/α-hetero) is 1. The van der Waals surface area contributed by atoms with E-state index in [0.717, 1.165) is 6.07 Å². The van der Waals surface area contributed by atoms with Crippen LogP contribution in [0.25, 0.3) is 0 Å². The Morgan fingerprint density at radius 1 is 1.53 bits per heavy atom. The molecule has 0 unspecified atom stereocenters. The van der Waals surface area contributed by atoms with E-state index in [2.05, 4.69) is 0 Å². The van der Waals surface area contributed by atoms with E-state index < -0.39 is 5.82 Å². The van der Waals surface area contributed by atoms with E-state index in [4.69, 9.17) is 11.6 Å². The molecule has 0 saturated heterocycles. The third kappa shape index (κ3) is 1.41. The molecule has 1 aliphatic heterocycles. The van der Waals surface area contributed by atoms with Gasteiger partial charge >= 0.3 is 0 Å². The molecule has 0 atom stereocenters. The highest BCUT2D eigenvalue weighted by atomic mass is 35.5. The van der Waals surface area contributed by atoms with E-state index in [1.807, 2.05) is 0 Å². The highest BCUT2D eigenvalue weighted by Crippen LogP contribution is 2.34. The summed E-state index contributed by atoms with van der Waals surface area (Å²) < 4.78 is 13.1. The third-order valence-corrected chi connectivity index (χ3v) is 2.69. The lowest BCUT2D eigenvalue weighted by Gasteiger charge is -2.13. The number of hydrogen-bond donors (Lipinski definition) is 0. The summed E-state index contributed by atoms with van der Waals surface area (Å²) in [7, 11) is 0. The molecule has 0 aromatic heterocycles. The van der Waals surface area contributed by atoms with E-state index in [0.29, 0.717) is 5.69 Å². The molecule has 0 spiro atoms. The van der Waals surface area contributed by atoms with E-state index in [1.165, 1.54) is 17.9 Å². The summed E-state index contributed by atoms with van der Waals surface area (Å²) in [5, 5.41) is -0.207. The van der Waals surface area contributed by atoms with Crippen molar-refractivity contribution >= 4 is 29.0 Å². The molecule has 2 rings (SSSR count). The van der Waals surface area contributed by atoms with Crippen LogP contribution in [0.3, 0.4) is 0 Å². The number of ketones is 1. The maximum Gasteiger partial charge on any atom is 0.224 e. The van der Waals surface area contributed by atoms with Gasteiger partial charge in [-0.05, 0) is 12.1 Å². The topological polar surface area (TPSA) is 37.4 Å². The monoisotopic (exact) mass is 227 g/mol. The number of halogens is 2. The van der Waals surface area contributed by atoms with Crippen molar-refractivity contribution in [1.29, 1.82) is 0 Å². The van der Waals surface area contributed by atoms with Gasteiger partial charge in [0, 0.05) is 6.92 Å². The molecule has 0 aliphatic carbocycles. The van der Waals surface area contributed by atoms with Gasteiger partial charge in [0.2, 0.25) is 5.91 Å². The number of hydrogen-bond acceptors (Lipinski definition) is 2. The molecule has 1 aromatic carbocycles. The number of anilines is 1. The van der Waals surface area contributed by atoms with Crippen LogP contribution in [0.2, 0.25) is 5.02 Å². The summed E-state index contributed by atoms with van der Waals surface area (Å²) >= 11 is 5.67. The average Bonchev–Trinajstić information content (AvgIpc) is 2.50. The van der Waals surface area contributed by atoms with Crippen LogP contribution in [0.4, 0.5) is 10.1 Å². The Balaban J connectivity index is 2.64. The lowest BCUT2D eigenvalue weighted by molar-refractivity contribution is -0.116. The fraction of sp³-hybridized carbons (Fsp3) is 0.200. The molecule has 5 heteroatoms. The Bertz CT molecular complexity index is 473. The second-order valence-electron chi connectivity index (χ2n) is 3.28. The first-order valence-corrected chi connectivity index (χ1v) is 4.69. The zero-order valence-electron chi connectivity index (χ0n) is 7.88. The van der Waals surface area contributed by atoms with Gasteiger partial charge in [-0.1, -0.05) is 11.6 Å². The molecule has 0 fully saturated rings. The Morgan fingerprint density at radius 3 is 2.80 bits per heavy atom. The molecule has 15 heavy (non-hydrogen) atoms. The van der Waals surface area contributed by atoms with Gasteiger partial charge < -0.3 is 4.90 Å². The standard InChI is InChI=1S/C10H7ClFNO2/c1-5(14)13-4-8(15)9-7(13)3-2-6(12)10(9)11/h2-3H,4H2,1H3. The first-order valence-electron chi connectivity index (χ1n) is 4.31. The normalized spacial score (nSPS) is 14.3. The number of fused-ring (bicyclic) bond motifs is 1. The van der Waals surface area contributed by atoms with Crippen LogP contribution in [0, 0.1) is 5.82 Å². The van der Waals surface area contributed by atoms with Crippen LogP contribution < -0.4 is 4.90 Å². The van der Waals surface area contributed by atoms with Crippen LogP contribution in [0.5, 0.6) is 0 Å². The minimum atomic E-state index is -0.644. The zero-order valence-corrected chi connectivity index (χ0v) is 8.64. The quantitative estimate of drug-likeness (QED) is 0.680. The lowest BCUT2D eigenvalue weighted by atomic mass is 10.1. The predicted molar refractivity (Wildman–Crippen MR) is 53.8 cm³/mol. The largest absolute Gasteiger partial charge is 0.304 e. The summed E-state index contributed by atoms with van der Waals surface area (Å²) in [6.45, 7) is 1.29. The van der Waals surface area contributed by atoms with Crippen molar-refractivity contribution in [2.75, 3.05) is 11.4 Å². The van der Waals surface area contributed by atoms with Crippen molar-refractivity contribution < 1.29 is 14.0 Å². The van der Waals surface area contributed by atoms with Gasteiger partial charge in [0.05, 0.1) is 22.8 Å². The summed E-state index contributed by atoms with van der Waals surface area (Å²) in [6.07, 6.45) is 0. The average molecular weight is 228 g/mol. The predicted octanol–water partition coefficient (Wildman–Crippen LogP) is 2.03. The van der Waals surface area contributed by atoms with Gasteiger partial charge in [-0.15, -0.1) is 0 Å². The number of carbonyl (C=O) groups excluding carboxylic acids is 2. The van der Waals surface area contributed by atoms with Crippen molar-refractivity contribution in [2.45, 2.75) is 6.92 Å². The van der Waals surface area contributed by atoms with Crippen molar-refractivity contribution in [1.82, 2.24) is 0 Å². The number of carbonyl (C=O) groups is 2. The smallest absolute Gasteiger partial charge is 0.224 e. The number of nitrogens with zero attached hydrogens (tertiary/aromatic N) is 1. The Hall–Kier alpha value is -1.42. The van der Waals surface area contributed by atoms with Gasteiger partial charge in [0.15, 0.2) is 5.78 Å². The molecular weight excluding hydrogens is 221 g/mol. The molecule has 1 aliphatic rings. The van der Waals surface area contributed by atoms with Crippen LogP contribution in [-0.2, 0) is 4.79 Å². The minimum Gasteiger partial charge on any atom is -0.304 e. The SMILES string of the molecule is CC(=O)N1CC(=O)c2c1ccc(F)c2Cl. The van der Waals surface area contributed by atoms with Crippen molar-refractivity contribution in [3.63, 3.8) is 0 Å². The van der Waals surface area contributed by atoms with Crippen LogP contribution in [0.1, 0.15) is 17.3 Å². The maximum atomic E-state index is 13.1. The van der Waals surface area contributed by atoms with Gasteiger partial charge in [-0.3, -0.25) is 9.59 Å². The molecule has 78 valence electrons. The van der Waals surface area contributed by atoms with Gasteiger partial charge in [-0.2, -0.15) is 0 Å². The summed E-state index contributed by atoms with van der Waals surface area (Å²) in [5.41, 5.74) is 0.491. The molecule has 1 amide bonds. The van der Waals surface area contributed by atoms with E-state index in [-0.39, 0.29) is 28.8 Å². The second-order valence-corrected chi connectivity index (χ2v) is 3.66. The third-order valence-electron chi connectivity index (χ3n) is 2.32. The van der Waals surface area contributed by atoms with Gasteiger partial charge in [0.25, 0.3) is 0 Å². The zero-order chi connectivity index (χ0) is 11.2. The Kier molecular flexibility index (Phi) is 2.23. The molecular formula is C10H7ClFNO2. The van der Waals surface area contributed by atoms with Crippen LogP contribution in [-0.4, -0.2) is 18.2 Å². The van der Waals surface area contributed by atoms with E-state index in [1.54, 1.807) is 0 Å². The van der Waals surface area contributed by atoms with Gasteiger partial charge in [-0.25, -0.2) is 4.39 Å². The Morgan fingerprint density at radius 2 is 2.20 bits per heavy atom. The highest BCUT2D eigenvalue weighted by molar-refractivity contribution is 6.36. The fourth-order valence-electron chi connectivity index (χ4n) is 1.62. The maximum absolute atomic E-state index is 13.1.